The molecule has 0 amide bonds. The molecule has 2 heteroatoms. The average Bonchev–Trinajstić information content (AvgIpc) is 2.98. The fourth-order valence-electron chi connectivity index (χ4n) is 1.89. The Kier molecular flexibility index (Phi) is 3.96. The second-order valence-electron chi connectivity index (χ2n) is 4.89. The van der Waals surface area contributed by atoms with Crippen LogP contribution in [0.1, 0.15) is 52.9 Å². The van der Waals surface area contributed by atoms with Crippen LogP contribution in [-0.4, -0.2) is 23.8 Å². The number of aliphatic hydroxyl groups is 1. The van der Waals surface area contributed by atoms with Gasteiger partial charge in [0.15, 0.2) is 0 Å². The molecule has 0 radical (unpaired) electrons. The van der Waals surface area contributed by atoms with Crippen molar-refractivity contribution in [3.63, 3.8) is 0 Å². The van der Waals surface area contributed by atoms with Crippen molar-refractivity contribution in [1.29, 1.82) is 0 Å². The Balaban J connectivity index is 2.20. The van der Waals surface area contributed by atoms with E-state index in [1.54, 1.807) is 0 Å². The van der Waals surface area contributed by atoms with E-state index < -0.39 is 5.60 Å². The minimum atomic E-state index is -0.482. The van der Waals surface area contributed by atoms with Crippen molar-refractivity contribution in [2.45, 2.75) is 58.5 Å². The Morgan fingerprint density at radius 2 is 1.79 bits per heavy atom. The van der Waals surface area contributed by atoms with E-state index in [9.17, 15) is 5.11 Å². The van der Waals surface area contributed by atoms with Gasteiger partial charge in [0.25, 0.3) is 0 Å². The molecule has 0 aliphatic heterocycles. The van der Waals surface area contributed by atoms with Crippen LogP contribution >= 0.6 is 0 Å². The van der Waals surface area contributed by atoms with Crippen molar-refractivity contribution < 1.29 is 5.11 Å². The Morgan fingerprint density at radius 3 is 2.14 bits per heavy atom. The second-order valence-corrected chi connectivity index (χ2v) is 4.89. The van der Waals surface area contributed by atoms with Crippen LogP contribution in [0.4, 0.5) is 0 Å². The monoisotopic (exact) mass is 199 g/mol. The van der Waals surface area contributed by atoms with Gasteiger partial charge in [0.2, 0.25) is 0 Å². The average molecular weight is 199 g/mol. The first-order valence-corrected chi connectivity index (χ1v) is 6.03. The van der Waals surface area contributed by atoms with Gasteiger partial charge >= 0.3 is 0 Å². The molecule has 0 unspecified atom stereocenters. The van der Waals surface area contributed by atoms with E-state index in [1.807, 2.05) is 0 Å². The first-order chi connectivity index (χ1) is 6.60. The largest absolute Gasteiger partial charge is 0.389 e. The Morgan fingerprint density at radius 1 is 1.21 bits per heavy atom. The fourth-order valence-corrected chi connectivity index (χ4v) is 1.89. The molecule has 2 nitrogen and oxygen atoms in total. The van der Waals surface area contributed by atoms with Crippen molar-refractivity contribution >= 4 is 0 Å². The summed E-state index contributed by atoms with van der Waals surface area (Å²) in [5, 5.41) is 13.5. The lowest BCUT2D eigenvalue weighted by Crippen LogP contribution is -2.41. The fraction of sp³-hybridized carbons (Fsp3) is 1.00. The SMILES string of the molecule is CCC(O)(CC)CNCC1(CC)CC1. The molecule has 0 aromatic carbocycles. The highest BCUT2D eigenvalue weighted by molar-refractivity contribution is 4.94. The van der Waals surface area contributed by atoms with Crippen LogP contribution in [-0.2, 0) is 0 Å². The summed E-state index contributed by atoms with van der Waals surface area (Å²) < 4.78 is 0. The molecule has 0 atom stereocenters. The van der Waals surface area contributed by atoms with E-state index in [4.69, 9.17) is 0 Å². The first kappa shape index (κ1) is 12.0. The molecule has 1 saturated carbocycles. The maximum absolute atomic E-state index is 10.1. The third-order valence-electron chi connectivity index (χ3n) is 3.98. The van der Waals surface area contributed by atoms with Crippen LogP contribution in [0.5, 0.6) is 0 Å². The minimum Gasteiger partial charge on any atom is -0.389 e. The highest BCUT2D eigenvalue weighted by Gasteiger charge is 2.40. The molecule has 0 aromatic heterocycles. The van der Waals surface area contributed by atoms with Gasteiger partial charge < -0.3 is 10.4 Å². The van der Waals surface area contributed by atoms with Gasteiger partial charge in [-0.3, -0.25) is 0 Å². The van der Waals surface area contributed by atoms with E-state index in [-0.39, 0.29) is 0 Å². The van der Waals surface area contributed by atoms with Crippen molar-refractivity contribution in [3.05, 3.63) is 0 Å². The molecule has 0 spiro atoms. The molecule has 0 bridgehead atoms. The van der Waals surface area contributed by atoms with E-state index >= 15 is 0 Å². The minimum absolute atomic E-state index is 0.482. The number of hydrogen-bond donors (Lipinski definition) is 2. The lowest BCUT2D eigenvalue weighted by molar-refractivity contribution is 0.0315. The first-order valence-electron chi connectivity index (χ1n) is 6.03. The normalized spacial score (nSPS) is 19.7. The molecule has 0 aromatic rings. The van der Waals surface area contributed by atoms with Crippen LogP contribution in [0.2, 0.25) is 0 Å². The van der Waals surface area contributed by atoms with E-state index in [1.165, 1.54) is 19.3 Å². The van der Waals surface area contributed by atoms with Crippen LogP contribution < -0.4 is 5.32 Å². The van der Waals surface area contributed by atoms with E-state index in [0.717, 1.165) is 25.9 Å². The van der Waals surface area contributed by atoms with Gasteiger partial charge in [-0.25, -0.2) is 0 Å². The molecule has 1 rings (SSSR count). The molecule has 0 saturated heterocycles. The number of nitrogens with one attached hydrogen (secondary N) is 1. The Bertz CT molecular complexity index is 171. The molecule has 0 heterocycles. The zero-order valence-corrected chi connectivity index (χ0v) is 9.90. The lowest BCUT2D eigenvalue weighted by atomic mass is 9.96. The summed E-state index contributed by atoms with van der Waals surface area (Å²) in [7, 11) is 0. The Hall–Kier alpha value is -0.0800. The zero-order valence-electron chi connectivity index (χ0n) is 9.90. The number of rotatable bonds is 7. The molecule has 1 aliphatic carbocycles. The topological polar surface area (TPSA) is 32.3 Å². The molecular weight excluding hydrogens is 174 g/mol. The second kappa shape index (κ2) is 4.63. The van der Waals surface area contributed by atoms with Gasteiger partial charge in [-0.2, -0.15) is 0 Å². The van der Waals surface area contributed by atoms with Gasteiger partial charge in [0, 0.05) is 13.1 Å². The highest BCUT2D eigenvalue weighted by Crippen LogP contribution is 2.47. The van der Waals surface area contributed by atoms with Crippen molar-refractivity contribution in [1.82, 2.24) is 5.32 Å². The molecular formula is C12H25NO. The maximum atomic E-state index is 10.1. The van der Waals surface area contributed by atoms with Gasteiger partial charge in [0.05, 0.1) is 5.60 Å². The van der Waals surface area contributed by atoms with Crippen molar-refractivity contribution in [2.24, 2.45) is 5.41 Å². The van der Waals surface area contributed by atoms with Crippen molar-refractivity contribution in [3.8, 4) is 0 Å². The van der Waals surface area contributed by atoms with Gasteiger partial charge in [-0.1, -0.05) is 20.8 Å². The van der Waals surface area contributed by atoms with Crippen LogP contribution in [0.3, 0.4) is 0 Å². The summed E-state index contributed by atoms with van der Waals surface area (Å²) in [4.78, 5) is 0. The Labute approximate surface area is 88.1 Å². The van der Waals surface area contributed by atoms with Gasteiger partial charge in [0.1, 0.15) is 0 Å². The van der Waals surface area contributed by atoms with Gasteiger partial charge in [-0.05, 0) is 37.5 Å². The van der Waals surface area contributed by atoms with Gasteiger partial charge in [-0.15, -0.1) is 0 Å². The maximum Gasteiger partial charge on any atom is 0.0766 e. The molecule has 2 N–H and O–H groups in total. The summed E-state index contributed by atoms with van der Waals surface area (Å²) in [6.45, 7) is 8.21. The number of hydrogen-bond acceptors (Lipinski definition) is 2. The molecule has 1 aliphatic rings. The summed E-state index contributed by atoms with van der Waals surface area (Å²) in [6, 6.07) is 0. The van der Waals surface area contributed by atoms with Crippen LogP contribution in [0, 0.1) is 5.41 Å². The van der Waals surface area contributed by atoms with Crippen molar-refractivity contribution in [2.75, 3.05) is 13.1 Å². The van der Waals surface area contributed by atoms with E-state index in [2.05, 4.69) is 26.1 Å². The lowest BCUT2D eigenvalue weighted by Gasteiger charge is -2.26. The third kappa shape index (κ3) is 2.96. The molecule has 1 fully saturated rings. The summed E-state index contributed by atoms with van der Waals surface area (Å²) in [6.07, 6.45) is 5.70. The summed E-state index contributed by atoms with van der Waals surface area (Å²) in [5.41, 5.74) is 0.103. The quantitative estimate of drug-likeness (QED) is 0.659. The standard InChI is InChI=1S/C12H25NO/c1-4-11(7-8-11)9-13-10-12(14,5-2)6-3/h13-14H,4-10H2,1-3H3. The van der Waals surface area contributed by atoms with E-state index in [0.29, 0.717) is 5.41 Å². The van der Waals surface area contributed by atoms with Crippen LogP contribution in [0.15, 0.2) is 0 Å². The molecule has 84 valence electrons. The smallest absolute Gasteiger partial charge is 0.0766 e. The third-order valence-corrected chi connectivity index (χ3v) is 3.98. The highest BCUT2D eigenvalue weighted by atomic mass is 16.3. The predicted octanol–water partition coefficient (Wildman–Crippen LogP) is 2.32. The zero-order chi connectivity index (χ0) is 10.7. The summed E-state index contributed by atoms with van der Waals surface area (Å²) >= 11 is 0. The summed E-state index contributed by atoms with van der Waals surface area (Å²) in [5.74, 6) is 0. The van der Waals surface area contributed by atoms with Crippen LogP contribution in [0.25, 0.3) is 0 Å². The molecule has 14 heavy (non-hydrogen) atoms. The predicted molar refractivity (Wildman–Crippen MR) is 60.4 cm³/mol.